The number of amides is 2. The fourth-order valence-corrected chi connectivity index (χ4v) is 3.04. The van der Waals surface area contributed by atoms with E-state index in [4.69, 9.17) is 39.9 Å². The van der Waals surface area contributed by atoms with E-state index in [2.05, 4.69) is 0 Å². The van der Waals surface area contributed by atoms with E-state index in [1.165, 1.54) is 0 Å². The third kappa shape index (κ3) is 6.25. The van der Waals surface area contributed by atoms with Gasteiger partial charge in [0.05, 0.1) is 15.1 Å². The molecule has 0 heterocycles. The molecule has 0 aromatic heterocycles. The SMILES string of the molecule is CN(NC(=O)c1ccc(/C(F)=C/C(c2cc(Cl)c(Cl)c(Cl)c2)C(F)(F)F)cc1)C(=O)O. The summed E-state index contributed by atoms with van der Waals surface area (Å²) in [5.74, 6) is -4.38. The Bertz CT molecular complexity index is 1000. The van der Waals surface area contributed by atoms with Gasteiger partial charge in [-0.2, -0.15) is 13.2 Å². The summed E-state index contributed by atoms with van der Waals surface area (Å²) in [6.45, 7) is 0. The molecule has 0 aliphatic carbocycles. The average molecular weight is 500 g/mol. The minimum atomic E-state index is -4.86. The molecule has 0 bridgehead atoms. The van der Waals surface area contributed by atoms with Crippen molar-refractivity contribution in [2.45, 2.75) is 12.1 Å². The molecule has 0 aliphatic rings. The van der Waals surface area contributed by atoms with Crippen molar-refractivity contribution >= 4 is 52.6 Å². The van der Waals surface area contributed by atoms with Gasteiger partial charge in [-0.05, 0) is 35.9 Å². The van der Waals surface area contributed by atoms with Crippen molar-refractivity contribution in [1.29, 1.82) is 0 Å². The van der Waals surface area contributed by atoms with Crippen molar-refractivity contribution in [3.8, 4) is 0 Å². The number of alkyl halides is 3. The summed E-state index contributed by atoms with van der Waals surface area (Å²) in [4.78, 5) is 22.6. The Kier molecular flexibility index (Phi) is 7.80. The van der Waals surface area contributed by atoms with Gasteiger partial charge in [0.2, 0.25) is 0 Å². The van der Waals surface area contributed by atoms with Crippen molar-refractivity contribution in [3.05, 3.63) is 74.2 Å². The Morgan fingerprint density at radius 1 is 1.06 bits per heavy atom. The van der Waals surface area contributed by atoms with Crippen LogP contribution in [0.25, 0.3) is 5.83 Å². The number of hydrogen-bond acceptors (Lipinski definition) is 2. The maximum Gasteiger partial charge on any atom is 0.425 e. The quantitative estimate of drug-likeness (QED) is 0.284. The summed E-state index contributed by atoms with van der Waals surface area (Å²) in [6.07, 6.45) is -5.93. The van der Waals surface area contributed by atoms with Gasteiger partial charge in [-0.3, -0.25) is 10.2 Å². The van der Waals surface area contributed by atoms with Crippen molar-refractivity contribution in [2.24, 2.45) is 0 Å². The second-order valence-corrected chi connectivity index (χ2v) is 7.38. The first-order valence-corrected chi connectivity index (χ1v) is 9.41. The number of hydrazine groups is 1. The number of halogens is 7. The Labute approximate surface area is 188 Å². The van der Waals surface area contributed by atoms with Crippen LogP contribution >= 0.6 is 34.8 Å². The Morgan fingerprint density at radius 2 is 1.55 bits per heavy atom. The summed E-state index contributed by atoms with van der Waals surface area (Å²) in [5.41, 5.74) is 1.36. The van der Waals surface area contributed by atoms with E-state index in [1.807, 2.05) is 5.43 Å². The van der Waals surface area contributed by atoms with E-state index in [-0.39, 0.29) is 26.2 Å². The van der Waals surface area contributed by atoms with Gasteiger partial charge in [0.1, 0.15) is 11.7 Å². The van der Waals surface area contributed by atoms with E-state index in [1.54, 1.807) is 0 Å². The van der Waals surface area contributed by atoms with Crippen LogP contribution in [-0.4, -0.2) is 35.3 Å². The molecule has 1 unspecified atom stereocenters. The van der Waals surface area contributed by atoms with E-state index in [9.17, 15) is 27.2 Å². The van der Waals surface area contributed by atoms with Crippen LogP contribution in [-0.2, 0) is 0 Å². The lowest BCUT2D eigenvalue weighted by Crippen LogP contribution is -2.42. The maximum atomic E-state index is 14.6. The van der Waals surface area contributed by atoms with E-state index < -0.39 is 35.5 Å². The topological polar surface area (TPSA) is 69.6 Å². The summed E-state index contributed by atoms with van der Waals surface area (Å²) in [5, 5.41) is 8.68. The molecule has 2 amide bonds. The molecular formula is C19H13Cl3F4N2O3. The van der Waals surface area contributed by atoms with Gasteiger partial charge < -0.3 is 5.11 Å². The van der Waals surface area contributed by atoms with Crippen LogP contribution < -0.4 is 5.43 Å². The fraction of sp³-hybridized carbons (Fsp3) is 0.158. The van der Waals surface area contributed by atoms with Gasteiger partial charge in [-0.15, -0.1) is 0 Å². The largest absolute Gasteiger partial charge is 0.464 e. The van der Waals surface area contributed by atoms with Gasteiger partial charge in [-0.1, -0.05) is 46.9 Å². The lowest BCUT2D eigenvalue weighted by atomic mass is 9.96. The summed E-state index contributed by atoms with van der Waals surface area (Å²) < 4.78 is 55.3. The van der Waals surface area contributed by atoms with Gasteiger partial charge in [-0.25, -0.2) is 14.2 Å². The zero-order chi connectivity index (χ0) is 23.5. The lowest BCUT2D eigenvalue weighted by Gasteiger charge is -2.19. The number of benzene rings is 2. The van der Waals surface area contributed by atoms with Gasteiger partial charge in [0.25, 0.3) is 5.91 Å². The first-order valence-electron chi connectivity index (χ1n) is 8.27. The van der Waals surface area contributed by atoms with E-state index in [0.717, 1.165) is 43.4 Å². The third-order valence-electron chi connectivity index (χ3n) is 4.01. The molecule has 5 nitrogen and oxygen atoms in total. The van der Waals surface area contributed by atoms with Crippen LogP contribution in [0.15, 0.2) is 42.5 Å². The Morgan fingerprint density at radius 3 is 2.00 bits per heavy atom. The van der Waals surface area contributed by atoms with Crippen molar-refractivity contribution in [3.63, 3.8) is 0 Å². The van der Waals surface area contributed by atoms with Gasteiger partial charge in [0, 0.05) is 18.2 Å². The van der Waals surface area contributed by atoms with Crippen LogP contribution in [0.5, 0.6) is 0 Å². The number of carbonyl (C=O) groups is 2. The molecule has 2 N–H and O–H groups in total. The number of carbonyl (C=O) groups excluding carboxylic acids is 1. The fourth-order valence-electron chi connectivity index (χ4n) is 2.42. The van der Waals surface area contributed by atoms with Crippen LogP contribution in [0.3, 0.4) is 0 Å². The third-order valence-corrected chi connectivity index (χ3v) is 5.21. The molecular weight excluding hydrogens is 487 g/mol. The molecule has 12 heteroatoms. The highest BCUT2D eigenvalue weighted by molar-refractivity contribution is 6.48. The first-order chi connectivity index (χ1) is 14.3. The molecule has 0 fully saturated rings. The van der Waals surface area contributed by atoms with E-state index >= 15 is 0 Å². The highest BCUT2D eigenvalue weighted by atomic mass is 35.5. The zero-order valence-electron chi connectivity index (χ0n) is 15.5. The van der Waals surface area contributed by atoms with E-state index in [0.29, 0.717) is 11.1 Å². The van der Waals surface area contributed by atoms with Crippen molar-refractivity contribution in [2.75, 3.05) is 7.05 Å². The van der Waals surface area contributed by atoms with Crippen molar-refractivity contribution < 1.29 is 32.3 Å². The number of carboxylic acid groups (broad SMARTS) is 1. The lowest BCUT2D eigenvalue weighted by molar-refractivity contribution is -0.139. The highest BCUT2D eigenvalue weighted by Crippen LogP contribution is 2.42. The molecule has 0 saturated carbocycles. The predicted octanol–water partition coefficient (Wildman–Crippen LogP) is 6.56. The Balaban J connectivity index is 2.34. The standard InChI is InChI=1S/C19H13Cl3F4N2O3/c1-28(18(30)31)27-17(29)10-4-2-9(3-5-10)15(23)8-12(19(24,25)26)11-6-13(20)16(22)14(21)7-11/h2-8,12H,1H3,(H,27,29)(H,30,31)/b15-8-. The van der Waals surface area contributed by atoms with Gasteiger partial charge >= 0.3 is 12.3 Å². The monoisotopic (exact) mass is 498 g/mol. The molecule has 2 rings (SSSR count). The maximum absolute atomic E-state index is 14.6. The second kappa shape index (κ2) is 9.76. The molecule has 0 aliphatic heterocycles. The highest BCUT2D eigenvalue weighted by Gasteiger charge is 2.40. The second-order valence-electron chi connectivity index (χ2n) is 6.19. The molecule has 0 spiro atoms. The molecule has 0 radical (unpaired) electrons. The summed E-state index contributed by atoms with van der Waals surface area (Å²) in [6, 6.07) is 6.32. The number of rotatable bonds is 4. The minimum absolute atomic E-state index is 0.0340. The first kappa shape index (κ1) is 24.8. The number of allylic oxidation sites excluding steroid dienone is 1. The minimum Gasteiger partial charge on any atom is -0.464 e. The van der Waals surface area contributed by atoms with Crippen LogP contribution in [0.1, 0.15) is 27.4 Å². The summed E-state index contributed by atoms with van der Waals surface area (Å²) >= 11 is 17.3. The Hall–Kier alpha value is -2.49. The average Bonchev–Trinajstić information content (AvgIpc) is 2.68. The number of nitrogens with zero attached hydrogens (tertiary/aromatic N) is 1. The van der Waals surface area contributed by atoms with Crippen LogP contribution in [0.4, 0.5) is 22.4 Å². The van der Waals surface area contributed by atoms with Crippen LogP contribution in [0, 0.1) is 0 Å². The summed E-state index contributed by atoms with van der Waals surface area (Å²) in [7, 11) is 1.09. The normalized spacial score (nSPS) is 13.0. The van der Waals surface area contributed by atoms with Crippen LogP contribution in [0.2, 0.25) is 15.1 Å². The zero-order valence-corrected chi connectivity index (χ0v) is 17.7. The molecule has 31 heavy (non-hydrogen) atoms. The van der Waals surface area contributed by atoms with Gasteiger partial charge in [0.15, 0.2) is 0 Å². The smallest absolute Gasteiger partial charge is 0.425 e. The molecule has 2 aromatic carbocycles. The van der Waals surface area contributed by atoms with Crippen molar-refractivity contribution in [1.82, 2.24) is 10.4 Å². The number of hydrogen-bond donors (Lipinski definition) is 2. The molecule has 166 valence electrons. The molecule has 0 saturated heterocycles. The molecule has 2 aromatic rings. The number of nitrogens with one attached hydrogen (secondary N) is 1. The molecule has 1 atom stereocenters. The predicted molar refractivity (Wildman–Crippen MR) is 109 cm³/mol.